The molecule has 24 heavy (non-hydrogen) atoms. The molecule has 1 fully saturated rings. The minimum absolute atomic E-state index is 0.00357. The number of pyridine rings is 1. The van der Waals surface area contributed by atoms with Gasteiger partial charge < -0.3 is 9.30 Å². The van der Waals surface area contributed by atoms with Crippen LogP contribution >= 0.6 is 0 Å². The molecule has 1 amide bonds. The van der Waals surface area contributed by atoms with Crippen molar-refractivity contribution in [1.82, 2.24) is 24.1 Å². The summed E-state index contributed by atoms with van der Waals surface area (Å²) >= 11 is 0. The zero-order valence-corrected chi connectivity index (χ0v) is 14.2. The number of carbonyl (C=O) groups excluding carboxylic acids is 1. The molecular weight excluding hydrogens is 302 g/mol. The van der Waals surface area contributed by atoms with Gasteiger partial charge >= 0.3 is 0 Å². The summed E-state index contributed by atoms with van der Waals surface area (Å²) in [5.74, 6) is 0.00357. The number of hydrogen-bond donors (Lipinski definition) is 0. The number of rotatable bonds is 2. The first-order valence-electron chi connectivity index (χ1n) is 8.31. The van der Waals surface area contributed by atoms with E-state index in [-0.39, 0.29) is 11.9 Å². The molecule has 3 aromatic heterocycles. The van der Waals surface area contributed by atoms with Crippen LogP contribution in [-0.2, 0) is 7.05 Å². The topological polar surface area (TPSA) is 55.4 Å². The van der Waals surface area contributed by atoms with Crippen molar-refractivity contribution in [3.8, 4) is 0 Å². The molecule has 6 heteroatoms. The van der Waals surface area contributed by atoms with E-state index in [1.807, 2.05) is 58.5 Å². The van der Waals surface area contributed by atoms with Crippen molar-refractivity contribution in [2.24, 2.45) is 7.05 Å². The molecule has 4 heterocycles. The molecule has 1 atom stereocenters. The van der Waals surface area contributed by atoms with Gasteiger partial charge in [-0.15, -0.1) is 0 Å². The van der Waals surface area contributed by atoms with E-state index in [1.165, 1.54) is 5.56 Å². The van der Waals surface area contributed by atoms with Crippen molar-refractivity contribution < 1.29 is 4.79 Å². The predicted octanol–water partition coefficient (Wildman–Crippen LogP) is 2.66. The van der Waals surface area contributed by atoms with Crippen molar-refractivity contribution in [1.29, 1.82) is 0 Å². The Hall–Kier alpha value is -2.63. The molecule has 0 aliphatic carbocycles. The lowest BCUT2D eigenvalue weighted by atomic mass is 10.0. The van der Waals surface area contributed by atoms with Gasteiger partial charge in [0, 0.05) is 37.2 Å². The minimum atomic E-state index is 0.00357. The maximum absolute atomic E-state index is 13.1. The summed E-state index contributed by atoms with van der Waals surface area (Å²) in [5, 5.41) is 4.52. The Morgan fingerprint density at radius 3 is 2.83 bits per heavy atom. The lowest BCUT2D eigenvalue weighted by Crippen LogP contribution is -2.31. The third-order valence-corrected chi connectivity index (χ3v) is 4.99. The molecule has 1 aliphatic heterocycles. The van der Waals surface area contributed by atoms with Crippen LogP contribution in [0.3, 0.4) is 0 Å². The van der Waals surface area contributed by atoms with Crippen LogP contribution in [0.1, 0.15) is 46.3 Å². The summed E-state index contributed by atoms with van der Waals surface area (Å²) in [6.07, 6.45) is 5.72. The van der Waals surface area contributed by atoms with E-state index in [4.69, 9.17) is 0 Å². The van der Waals surface area contributed by atoms with Crippen molar-refractivity contribution in [2.45, 2.75) is 32.7 Å². The number of fused-ring (bicyclic) bond motifs is 1. The fourth-order valence-corrected chi connectivity index (χ4v) is 3.77. The summed E-state index contributed by atoms with van der Waals surface area (Å²) in [4.78, 5) is 19.5. The Balaban J connectivity index is 1.70. The molecule has 124 valence electrons. The van der Waals surface area contributed by atoms with E-state index in [0.717, 1.165) is 36.4 Å². The average molecular weight is 323 g/mol. The van der Waals surface area contributed by atoms with E-state index in [1.54, 1.807) is 0 Å². The number of carbonyl (C=O) groups is 1. The summed E-state index contributed by atoms with van der Waals surface area (Å²) in [6.45, 7) is 4.86. The zero-order valence-electron chi connectivity index (χ0n) is 14.2. The monoisotopic (exact) mass is 323 g/mol. The van der Waals surface area contributed by atoms with Gasteiger partial charge in [-0.25, -0.2) is 4.98 Å². The molecule has 3 aromatic rings. The van der Waals surface area contributed by atoms with Gasteiger partial charge in [0.05, 0.1) is 11.7 Å². The first kappa shape index (κ1) is 14.9. The predicted molar refractivity (Wildman–Crippen MR) is 90.9 cm³/mol. The lowest BCUT2D eigenvalue weighted by Gasteiger charge is -2.24. The highest BCUT2D eigenvalue weighted by Crippen LogP contribution is 2.36. The fourth-order valence-electron chi connectivity index (χ4n) is 3.77. The van der Waals surface area contributed by atoms with Gasteiger partial charge in [-0.1, -0.05) is 6.07 Å². The van der Waals surface area contributed by atoms with Crippen molar-refractivity contribution >= 4 is 11.6 Å². The third-order valence-electron chi connectivity index (χ3n) is 4.99. The molecule has 1 aliphatic rings. The highest BCUT2D eigenvalue weighted by Gasteiger charge is 2.34. The van der Waals surface area contributed by atoms with Gasteiger partial charge in [0.15, 0.2) is 0 Å². The first-order chi connectivity index (χ1) is 11.6. The Labute approximate surface area is 140 Å². The van der Waals surface area contributed by atoms with E-state index in [2.05, 4.69) is 17.0 Å². The maximum Gasteiger partial charge on any atom is 0.274 e. The van der Waals surface area contributed by atoms with Crippen LogP contribution in [-0.4, -0.2) is 36.5 Å². The maximum atomic E-state index is 13.1. The Bertz CT molecular complexity index is 890. The highest BCUT2D eigenvalue weighted by atomic mass is 16.2. The number of nitrogens with zero attached hydrogens (tertiary/aromatic N) is 5. The third kappa shape index (κ3) is 2.21. The standard InChI is InChI=1S/C18H21N5O/c1-12-17(13(2)21(3)20-12)15-7-6-10-23(15)18(24)14-11-22-9-5-4-8-16(22)19-14/h4-5,8-9,11,15H,6-7,10H2,1-3H3/t15-/m1/s1. The van der Waals surface area contributed by atoms with Gasteiger partial charge in [-0.3, -0.25) is 9.48 Å². The first-order valence-corrected chi connectivity index (χ1v) is 8.31. The minimum Gasteiger partial charge on any atom is -0.330 e. The molecule has 0 N–H and O–H groups in total. The molecule has 1 saturated heterocycles. The summed E-state index contributed by atoms with van der Waals surface area (Å²) in [5.41, 5.74) is 4.63. The second-order valence-corrected chi connectivity index (χ2v) is 6.46. The molecule has 0 radical (unpaired) electrons. The number of hydrogen-bond acceptors (Lipinski definition) is 3. The summed E-state index contributed by atoms with van der Waals surface area (Å²) in [6, 6.07) is 5.87. The summed E-state index contributed by atoms with van der Waals surface area (Å²) in [7, 11) is 1.95. The van der Waals surface area contributed by atoms with Crippen LogP contribution in [0.2, 0.25) is 0 Å². The van der Waals surface area contributed by atoms with Crippen LogP contribution in [0.5, 0.6) is 0 Å². The van der Waals surface area contributed by atoms with Crippen LogP contribution < -0.4 is 0 Å². The van der Waals surface area contributed by atoms with Gasteiger partial charge in [0.2, 0.25) is 0 Å². The number of aromatic nitrogens is 4. The Morgan fingerprint density at radius 2 is 2.12 bits per heavy atom. The van der Waals surface area contributed by atoms with Gasteiger partial charge in [-0.05, 0) is 38.8 Å². The van der Waals surface area contributed by atoms with E-state index in [0.29, 0.717) is 5.69 Å². The molecule has 0 spiro atoms. The fraction of sp³-hybridized carbons (Fsp3) is 0.389. The van der Waals surface area contributed by atoms with Crippen molar-refractivity contribution in [3.63, 3.8) is 0 Å². The Kier molecular flexibility index (Phi) is 3.40. The van der Waals surface area contributed by atoms with Crippen molar-refractivity contribution in [3.05, 3.63) is 53.2 Å². The molecule has 0 saturated carbocycles. The number of aryl methyl sites for hydroxylation is 2. The molecule has 6 nitrogen and oxygen atoms in total. The molecule has 0 bridgehead atoms. The quantitative estimate of drug-likeness (QED) is 0.728. The van der Waals surface area contributed by atoms with Crippen LogP contribution in [0.25, 0.3) is 5.65 Å². The average Bonchev–Trinajstić information content (AvgIpc) is 3.25. The second kappa shape index (κ2) is 5.47. The zero-order chi connectivity index (χ0) is 16.8. The number of amides is 1. The highest BCUT2D eigenvalue weighted by molar-refractivity contribution is 5.93. The molecule has 0 unspecified atom stereocenters. The van der Waals surface area contributed by atoms with E-state index >= 15 is 0 Å². The van der Waals surface area contributed by atoms with Crippen LogP contribution in [0, 0.1) is 13.8 Å². The SMILES string of the molecule is Cc1nn(C)c(C)c1[C@H]1CCCN1C(=O)c1cn2ccccc2n1. The summed E-state index contributed by atoms with van der Waals surface area (Å²) < 4.78 is 3.79. The normalized spacial score (nSPS) is 17.8. The number of imidazole rings is 1. The van der Waals surface area contributed by atoms with Gasteiger partial charge in [0.1, 0.15) is 11.3 Å². The van der Waals surface area contributed by atoms with Gasteiger partial charge in [0.25, 0.3) is 5.91 Å². The molecule has 4 rings (SSSR count). The van der Waals surface area contributed by atoms with Crippen LogP contribution in [0.4, 0.5) is 0 Å². The molecule has 0 aromatic carbocycles. The van der Waals surface area contributed by atoms with Crippen LogP contribution in [0.15, 0.2) is 30.6 Å². The Morgan fingerprint density at radius 1 is 1.29 bits per heavy atom. The van der Waals surface area contributed by atoms with Crippen molar-refractivity contribution in [2.75, 3.05) is 6.54 Å². The van der Waals surface area contributed by atoms with E-state index < -0.39 is 0 Å². The van der Waals surface area contributed by atoms with E-state index in [9.17, 15) is 4.79 Å². The molecular formula is C18H21N5O. The second-order valence-electron chi connectivity index (χ2n) is 6.46. The largest absolute Gasteiger partial charge is 0.330 e. The van der Waals surface area contributed by atoms with Gasteiger partial charge in [-0.2, -0.15) is 5.10 Å². The number of likely N-dealkylation sites (tertiary alicyclic amines) is 1. The lowest BCUT2D eigenvalue weighted by molar-refractivity contribution is 0.0729. The smallest absolute Gasteiger partial charge is 0.274 e.